The maximum atomic E-state index is 10.2. The van der Waals surface area contributed by atoms with Crippen LogP contribution in [0.3, 0.4) is 0 Å². The number of nitrogens with zero attached hydrogens (tertiary/aromatic N) is 1. The Morgan fingerprint density at radius 2 is 2.22 bits per heavy atom. The van der Waals surface area contributed by atoms with Crippen molar-refractivity contribution in [2.45, 2.75) is 6.92 Å². The van der Waals surface area contributed by atoms with Crippen molar-refractivity contribution >= 4 is 17.5 Å². The van der Waals surface area contributed by atoms with Gasteiger partial charge in [-0.05, 0) is 19.1 Å². The van der Waals surface area contributed by atoms with Gasteiger partial charge in [-0.3, -0.25) is 0 Å². The van der Waals surface area contributed by atoms with E-state index in [9.17, 15) is 15.0 Å². The molecule has 18 heavy (non-hydrogen) atoms. The Bertz CT molecular complexity index is 570. The summed E-state index contributed by atoms with van der Waals surface area (Å²) in [7, 11) is 0. The number of carboxylic acid groups (broad SMARTS) is 1. The first-order valence-electron chi connectivity index (χ1n) is 4.70. The van der Waals surface area contributed by atoms with Gasteiger partial charge in [-0.1, -0.05) is 11.6 Å². The van der Waals surface area contributed by atoms with Crippen molar-refractivity contribution in [1.82, 2.24) is 4.98 Å². The van der Waals surface area contributed by atoms with Crippen molar-refractivity contribution < 1.29 is 49.3 Å². The quantitative estimate of drug-likeness (QED) is 0.535. The minimum atomic E-state index is -1.66. The molecule has 0 unspecified atom stereocenters. The van der Waals surface area contributed by atoms with Gasteiger partial charge in [0.1, 0.15) is 10.8 Å². The van der Waals surface area contributed by atoms with E-state index in [-0.39, 0.29) is 41.2 Å². The summed E-state index contributed by atoms with van der Waals surface area (Å²) in [5, 5.41) is 21.8. The van der Waals surface area contributed by atoms with Crippen molar-refractivity contribution in [2.75, 3.05) is 0 Å². The average Bonchev–Trinajstić information content (AvgIpc) is 2.69. The van der Waals surface area contributed by atoms with E-state index in [0.717, 1.165) is 5.56 Å². The molecular formula is C11H8NNaO4S. The molecule has 7 heteroatoms. The van der Waals surface area contributed by atoms with E-state index < -0.39 is 6.16 Å². The number of aromatic nitrogens is 1. The second-order valence-electron chi connectivity index (χ2n) is 3.36. The standard InChI is InChI=1S/C11H9NO4S.Na/c1-6-2-3-8(13)7(4-6)10-12-9(5-17-10)16-11(14)15;/h2-5,13H,1H3,(H,14,15);/q;+1/p-1. The number of rotatable bonds is 2. The smallest absolute Gasteiger partial charge is 0.507 e. The molecule has 5 nitrogen and oxygen atoms in total. The Hall–Kier alpha value is -1.08. The summed E-state index contributed by atoms with van der Waals surface area (Å²) in [6, 6.07) is 5.09. The fourth-order valence-electron chi connectivity index (χ4n) is 1.34. The fraction of sp³-hybridized carbons (Fsp3) is 0.0909. The first-order valence-corrected chi connectivity index (χ1v) is 5.58. The number of hydrogen-bond donors (Lipinski definition) is 1. The molecule has 0 aliphatic rings. The summed E-state index contributed by atoms with van der Waals surface area (Å²) in [6.07, 6.45) is -1.66. The molecule has 0 saturated heterocycles. The molecule has 0 saturated carbocycles. The van der Waals surface area contributed by atoms with E-state index in [1.165, 1.54) is 16.7 Å². The van der Waals surface area contributed by atoms with Crippen molar-refractivity contribution in [3.63, 3.8) is 0 Å². The van der Waals surface area contributed by atoms with Gasteiger partial charge in [0.15, 0.2) is 5.88 Å². The predicted octanol–water partition coefficient (Wildman–Crippen LogP) is -1.45. The molecule has 0 atom stereocenters. The van der Waals surface area contributed by atoms with Crippen molar-refractivity contribution in [3.8, 4) is 22.2 Å². The van der Waals surface area contributed by atoms with E-state index >= 15 is 0 Å². The van der Waals surface area contributed by atoms with Crippen LogP contribution in [-0.4, -0.2) is 16.2 Å². The number of thiazole rings is 1. The van der Waals surface area contributed by atoms with Gasteiger partial charge < -0.3 is 19.7 Å². The Morgan fingerprint density at radius 3 is 2.89 bits per heavy atom. The van der Waals surface area contributed by atoms with Crippen LogP contribution in [0.1, 0.15) is 5.56 Å². The van der Waals surface area contributed by atoms with Crippen molar-refractivity contribution in [3.05, 3.63) is 29.1 Å². The van der Waals surface area contributed by atoms with Gasteiger partial charge in [-0.15, -0.1) is 11.3 Å². The molecule has 2 rings (SSSR count). The molecule has 0 bridgehead atoms. The topological polar surface area (TPSA) is 82.5 Å². The van der Waals surface area contributed by atoms with E-state index in [1.807, 2.05) is 6.92 Å². The molecule has 0 radical (unpaired) electrons. The summed E-state index contributed by atoms with van der Waals surface area (Å²) >= 11 is 1.18. The monoisotopic (exact) mass is 273 g/mol. The Labute approximate surface area is 129 Å². The van der Waals surface area contributed by atoms with Crippen LogP contribution in [0, 0.1) is 6.92 Å². The normalized spacial score (nSPS) is 9.61. The van der Waals surface area contributed by atoms with Crippen LogP contribution < -0.4 is 39.4 Å². The summed E-state index contributed by atoms with van der Waals surface area (Å²) in [5.74, 6) is 0.0378. The number of benzene rings is 1. The molecule has 1 heterocycles. The predicted molar refractivity (Wildman–Crippen MR) is 60.0 cm³/mol. The minimum absolute atomic E-state index is 0. The van der Waals surface area contributed by atoms with Crippen LogP contribution in [0.15, 0.2) is 23.6 Å². The molecule has 0 amide bonds. The second-order valence-corrected chi connectivity index (χ2v) is 4.22. The molecule has 1 N–H and O–H groups in total. The Kier molecular flexibility index (Phi) is 5.15. The van der Waals surface area contributed by atoms with Crippen LogP contribution in [-0.2, 0) is 0 Å². The van der Waals surface area contributed by atoms with Crippen LogP contribution in [0.5, 0.6) is 11.6 Å². The zero-order valence-corrected chi connectivity index (χ0v) is 12.7. The summed E-state index contributed by atoms with van der Waals surface area (Å²) < 4.78 is 4.31. The maximum Gasteiger partial charge on any atom is 1.00 e. The third-order valence-electron chi connectivity index (χ3n) is 2.05. The molecule has 0 aliphatic carbocycles. The summed E-state index contributed by atoms with van der Waals surface area (Å²) in [5.41, 5.74) is 1.51. The maximum absolute atomic E-state index is 10.2. The molecule has 2 aromatic rings. The van der Waals surface area contributed by atoms with Gasteiger partial charge in [0.25, 0.3) is 6.16 Å². The van der Waals surface area contributed by atoms with Crippen LogP contribution in [0.4, 0.5) is 4.79 Å². The third kappa shape index (κ3) is 3.46. The molecule has 0 spiro atoms. The number of hydrogen-bond acceptors (Lipinski definition) is 6. The average molecular weight is 273 g/mol. The molecule has 1 aromatic heterocycles. The van der Waals surface area contributed by atoms with E-state index in [0.29, 0.717) is 10.6 Å². The number of aromatic hydroxyl groups is 1. The Balaban J connectivity index is 0.00000162. The van der Waals surface area contributed by atoms with Gasteiger partial charge in [-0.2, -0.15) is 0 Å². The van der Waals surface area contributed by atoms with Gasteiger partial charge in [-0.25, -0.2) is 4.98 Å². The van der Waals surface area contributed by atoms with Gasteiger partial charge in [0.05, 0.1) is 5.56 Å². The number of phenolic OH excluding ortho intramolecular Hbond substituents is 1. The molecular weight excluding hydrogens is 265 g/mol. The van der Waals surface area contributed by atoms with E-state index in [2.05, 4.69) is 9.72 Å². The number of aryl methyl sites for hydroxylation is 1. The van der Waals surface area contributed by atoms with Crippen LogP contribution >= 0.6 is 11.3 Å². The zero-order valence-electron chi connectivity index (χ0n) is 9.84. The first-order chi connectivity index (χ1) is 8.06. The Morgan fingerprint density at radius 1 is 1.50 bits per heavy atom. The van der Waals surface area contributed by atoms with E-state index in [4.69, 9.17) is 0 Å². The molecule has 1 aromatic carbocycles. The number of ether oxygens (including phenoxy) is 1. The van der Waals surface area contributed by atoms with Gasteiger partial charge in [0.2, 0.25) is 0 Å². The van der Waals surface area contributed by atoms with Crippen molar-refractivity contribution in [1.29, 1.82) is 0 Å². The molecule has 88 valence electrons. The largest absolute Gasteiger partial charge is 1.00 e. The summed E-state index contributed by atoms with van der Waals surface area (Å²) in [4.78, 5) is 14.2. The van der Waals surface area contributed by atoms with Crippen LogP contribution in [0.25, 0.3) is 10.6 Å². The number of phenols is 1. The SMILES string of the molecule is Cc1ccc(O)c(-c2nc(OC(=O)[O-])cs2)c1.[Na+]. The number of carbonyl (C=O) groups is 1. The van der Waals surface area contributed by atoms with Crippen molar-refractivity contribution in [2.24, 2.45) is 0 Å². The van der Waals surface area contributed by atoms with E-state index in [1.54, 1.807) is 18.2 Å². The second kappa shape index (κ2) is 6.19. The minimum Gasteiger partial charge on any atom is -0.507 e. The molecule has 0 aliphatic heterocycles. The molecule has 0 fully saturated rings. The van der Waals surface area contributed by atoms with Crippen LogP contribution in [0.2, 0.25) is 0 Å². The van der Waals surface area contributed by atoms with Gasteiger partial charge in [0, 0.05) is 5.38 Å². The first kappa shape index (κ1) is 15.0. The zero-order chi connectivity index (χ0) is 12.4. The summed E-state index contributed by atoms with van der Waals surface area (Å²) in [6.45, 7) is 1.88. The van der Waals surface area contributed by atoms with Gasteiger partial charge >= 0.3 is 29.6 Å². The number of carbonyl (C=O) groups excluding carboxylic acids is 1. The fourth-order valence-corrected chi connectivity index (χ4v) is 2.08. The third-order valence-corrected chi connectivity index (χ3v) is 2.91.